The molecule has 0 aromatic rings. The van der Waals surface area contributed by atoms with Gasteiger partial charge in [-0.3, -0.25) is 4.79 Å². The molecule has 130 valence electrons. The van der Waals surface area contributed by atoms with Gasteiger partial charge < -0.3 is 10.2 Å². The van der Waals surface area contributed by atoms with Gasteiger partial charge in [0.2, 0.25) is 0 Å². The fourth-order valence-corrected chi connectivity index (χ4v) is 1.96. The van der Waals surface area contributed by atoms with Crippen molar-refractivity contribution in [1.82, 2.24) is 0 Å². The highest BCUT2D eigenvalue weighted by Gasteiger charge is 1.95. The number of aliphatic hydroxyl groups is 1. The van der Waals surface area contributed by atoms with Gasteiger partial charge in [0.1, 0.15) is 0 Å². The van der Waals surface area contributed by atoms with Crippen LogP contribution in [-0.2, 0) is 4.79 Å². The van der Waals surface area contributed by atoms with Crippen molar-refractivity contribution in [2.75, 3.05) is 0 Å². The Balaban J connectivity index is 3.63. The van der Waals surface area contributed by atoms with E-state index in [1.165, 1.54) is 19.3 Å². The van der Waals surface area contributed by atoms with E-state index in [1.54, 1.807) is 6.08 Å². The lowest BCUT2D eigenvalue weighted by molar-refractivity contribution is -0.137. The summed E-state index contributed by atoms with van der Waals surface area (Å²) in [6, 6.07) is 0. The Labute approximate surface area is 141 Å². The third-order valence-electron chi connectivity index (χ3n) is 3.30. The van der Waals surface area contributed by atoms with E-state index in [4.69, 9.17) is 5.11 Å². The molecule has 0 spiro atoms. The second-order valence-corrected chi connectivity index (χ2v) is 5.58. The second-order valence-electron chi connectivity index (χ2n) is 5.58. The number of carbonyl (C=O) groups is 1. The highest BCUT2D eigenvalue weighted by Crippen LogP contribution is 2.02. The van der Waals surface area contributed by atoms with Crippen molar-refractivity contribution >= 4 is 5.97 Å². The monoisotopic (exact) mass is 320 g/mol. The molecule has 0 aliphatic rings. The first-order valence-corrected chi connectivity index (χ1v) is 8.70. The molecule has 0 aliphatic heterocycles. The van der Waals surface area contributed by atoms with Crippen LogP contribution in [0.1, 0.15) is 64.7 Å². The molecule has 0 saturated heterocycles. The zero-order chi connectivity index (χ0) is 17.2. The number of unbranched alkanes of at least 4 members (excludes halogenated alkanes) is 4. The topological polar surface area (TPSA) is 57.5 Å². The number of aliphatic hydroxyl groups excluding tert-OH is 1. The summed E-state index contributed by atoms with van der Waals surface area (Å²) in [6.45, 7) is 2.21. The maximum atomic E-state index is 10.3. The lowest BCUT2D eigenvalue weighted by Gasteiger charge is -1.99. The smallest absolute Gasteiger partial charge is 0.303 e. The average molecular weight is 320 g/mol. The highest BCUT2D eigenvalue weighted by molar-refractivity contribution is 5.66. The fourth-order valence-electron chi connectivity index (χ4n) is 1.96. The minimum Gasteiger partial charge on any atom is -0.481 e. The highest BCUT2D eigenvalue weighted by atomic mass is 16.4. The van der Waals surface area contributed by atoms with E-state index >= 15 is 0 Å². The van der Waals surface area contributed by atoms with Crippen LogP contribution in [0.2, 0.25) is 0 Å². The normalized spacial score (nSPS) is 13.8. The minimum absolute atomic E-state index is 0.199. The summed E-state index contributed by atoms with van der Waals surface area (Å²) in [7, 11) is 0. The molecule has 2 N–H and O–H groups in total. The third-order valence-corrected chi connectivity index (χ3v) is 3.30. The molecular formula is C20H32O3. The van der Waals surface area contributed by atoms with Gasteiger partial charge in [0.15, 0.2) is 0 Å². The van der Waals surface area contributed by atoms with Crippen molar-refractivity contribution in [2.24, 2.45) is 0 Å². The summed E-state index contributed by atoms with van der Waals surface area (Å²) >= 11 is 0. The summed E-state index contributed by atoms with van der Waals surface area (Å²) in [5.41, 5.74) is 0. The summed E-state index contributed by atoms with van der Waals surface area (Å²) in [5.74, 6) is -0.760. The van der Waals surface area contributed by atoms with E-state index in [2.05, 4.69) is 25.2 Å². The van der Waals surface area contributed by atoms with Crippen LogP contribution in [0.5, 0.6) is 0 Å². The number of allylic oxidation sites excluding steroid dienone is 6. The molecule has 3 heteroatoms. The van der Waals surface area contributed by atoms with Crippen molar-refractivity contribution < 1.29 is 15.0 Å². The first-order valence-electron chi connectivity index (χ1n) is 8.70. The first kappa shape index (κ1) is 21.4. The number of carboxylic acid groups (broad SMARTS) is 1. The van der Waals surface area contributed by atoms with Gasteiger partial charge in [-0.05, 0) is 38.5 Å². The van der Waals surface area contributed by atoms with Crippen molar-refractivity contribution in [3.63, 3.8) is 0 Å². The van der Waals surface area contributed by atoms with Gasteiger partial charge in [-0.15, -0.1) is 0 Å². The molecule has 0 heterocycles. The molecule has 0 aromatic heterocycles. The van der Waals surface area contributed by atoms with E-state index in [0.29, 0.717) is 12.8 Å². The molecule has 0 bridgehead atoms. The molecule has 23 heavy (non-hydrogen) atoms. The number of rotatable bonds is 14. The molecule has 1 unspecified atom stereocenters. The molecule has 0 fully saturated rings. The van der Waals surface area contributed by atoms with Gasteiger partial charge in [-0.1, -0.05) is 68.4 Å². The van der Waals surface area contributed by atoms with Crippen molar-refractivity contribution in [3.05, 3.63) is 48.6 Å². The van der Waals surface area contributed by atoms with Crippen LogP contribution < -0.4 is 0 Å². The Kier molecular flexibility index (Phi) is 15.6. The van der Waals surface area contributed by atoms with Crippen LogP contribution in [0.4, 0.5) is 0 Å². The molecule has 1 atom stereocenters. The van der Waals surface area contributed by atoms with E-state index in [9.17, 15) is 9.90 Å². The van der Waals surface area contributed by atoms with Gasteiger partial charge in [-0.2, -0.15) is 0 Å². The van der Waals surface area contributed by atoms with Crippen LogP contribution >= 0.6 is 0 Å². The number of hydrogen-bond acceptors (Lipinski definition) is 2. The molecule has 0 radical (unpaired) electrons. The summed E-state index contributed by atoms with van der Waals surface area (Å²) in [5, 5.41) is 18.2. The summed E-state index contributed by atoms with van der Waals surface area (Å²) in [6.07, 6.45) is 23.5. The average Bonchev–Trinajstić information content (AvgIpc) is 2.52. The Bertz CT molecular complexity index is 392. The van der Waals surface area contributed by atoms with Crippen LogP contribution in [0, 0.1) is 0 Å². The Morgan fingerprint density at radius 1 is 0.957 bits per heavy atom. The van der Waals surface area contributed by atoms with Crippen LogP contribution in [-0.4, -0.2) is 22.3 Å². The van der Waals surface area contributed by atoms with Crippen molar-refractivity contribution in [1.29, 1.82) is 0 Å². The first-order chi connectivity index (χ1) is 11.2. The Morgan fingerprint density at radius 3 is 2.43 bits per heavy atom. The van der Waals surface area contributed by atoms with Gasteiger partial charge in [-0.25, -0.2) is 0 Å². The second kappa shape index (κ2) is 16.8. The summed E-state index contributed by atoms with van der Waals surface area (Å²) < 4.78 is 0. The van der Waals surface area contributed by atoms with Crippen LogP contribution in [0.25, 0.3) is 0 Å². The van der Waals surface area contributed by atoms with E-state index in [1.807, 2.05) is 24.3 Å². The molecule has 0 aliphatic carbocycles. The molecule has 0 aromatic carbocycles. The SMILES string of the molecule is CCCCCC=CCC=C/C=C/C(O)CC=CCCCC(=O)O. The van der Waals surface area contributed by atoms with Gasteiger partial charge in [0.25, 0.3) is 0 Å². The predicted octanol–water partition coefficient (Wildman–Crippen LogP) is 5.19. The Hall–Kier alpha value is -1.61. The van der Waals surface area contributed by atoms with Crippen LogP contribution in [0.3, 0.4) is 0 Å². The van der Waals surface area contributed by atoms with E-state index < -0.39 is 12.1 Å². The standard InChI is InChI=1S/C20H32O3/c1-2-3-4-5-6-7-8-9-10-13-16-19(21)17-14-11-12-15-18-20(22)23/h6-7,9-11,13-14,16,19,21H,2-5,8,12,15,17-18H2,1H3,(H,22,23)/b7-6?,10-9?,14-11?,16-13+. The van der Waals surface area contributed by atoms with Crippen molar-refractivity contribution in [2.45, 2.75) is 70.8 Å². The predicted molar refractivity (Wildman–Crippen MR) is 97.4 cm³/mol. The molecule has 0 saturated carbocycles. The van der Waals surface area contributed by atoms with Gasteiger partial charge in [0.05, 0.1) is 6.10 Å². The fraction of sp³-hybridized carbons (Fsp3) is 0.550. The molecular weight excluding hydrogens is 288 g/mol. The minimum atomic E-state index is -0.760. The molecule has 0 amide bonds. The van der Waals surface area contributed by atoms with E-state index in [-0.39, 0.29) is 6.42 Å². The zero-order valence-corrected chi connectivity index (χ0v) is 14.4. The molecule has 3 nitrogen and oxygen atoms in total. The maximum absolute atomic E-state index is 10.3. The van der Waals surface area contributed by atoms with E-state index in [0.717, 1.165) is 19.3 Å². The van der Waals surface area contributed by atoms with Gasteiger partial charge >= 0.3 is 5.97 Å². The van der Waals surface area contributed by atoms with Crippen molar-refractivity contribution in [3.8, 4) is 0 Å². The Morgan fingerprint density at radius 2 is 1.70 bits per heavy atom. The summed E-state index contributed by atoms with van der Waals surface area (Å²) in [4.78, 5) is 10.3. The quantitative estimate of drug-likeness (QED) is 0.263. The zero-order valence-electron chi connectivity index (χ0n) is 14.4. The lowest BCUT2D eigenvalue weighted by Crippen LogP contribution is -1.98. The number of hydrogen-bond donors (Lipinski definition) is 2. The number of carboxylic acids is 1. The largest absolute Gasteiger partial charge is 0.481 e. The lowest BCUT2D eigenvalue weighted by atomic mass is 10.2. The van der Waals surface area contributed by atoms with Gasteiger partial charge in [0, 0.05) is 6.42 Å². The molecule has 0 rings (SSSR count). The third kappa shape index (κ3) is 18.3. The number of aliphatic carboxylic acids is 1. The van der Waals surface area contributed by atoms with Crippen LogP contribution in [0.15, 0.2) is 48.6 Å². The maximum Gasteiger partial charge on any atom is 0.303 e.